The molecule has 0 radical (unpaired) electrons. The van der Waals surface area contributed by atoms with E-state index in [-0.39, 0.29) is 24.3 Å². The highest BCUT2D eigenvalue weighted by Crippen LogP contribution is 2.21. The summed E-state index contributed by atoms with van der Waals surface area (Å²) in [4.78, 5) is 11.9. The third-order valence-corrected chi connectivity index (χ3v) is 3.78. The van der Waals surface area contributed by atoms with Gasteiger partial charge >= 0.3 is 0 Å². The zero-order valence-electron chi connectivity index (χ0n) is 11.6. The van der Waals surface area contributed by atoms with E-state index in [1.165, 1.54) is 12.1 Å². The summed E-state index contributed by atoms with van der Waals surface area (Å²) in [6, 6.07) is 13.6. The van der Waals surface area contributed by atoms with E-state index in [9.17, 15) is 9.18 Å². The minimum absolute atomic E-state index is 0.0319. The molecule has 2 N–H and O–H groups in total. The van der Waals surface area contributed by atoms with Crippen LogP contribution in [0.2, 0.25) is 0 Å². The molecule has 0 spiro atoms. The highest BCUT2D eigenvalue weighted by Gasteiger charge is 2.09. The number of nitrogens with one attached hydrogen (secondary N) is 2. The van der Waals surface area contributed by atoms with Gasteiger partial charge in [-0.2, -0.15) is 0 Å². The Hall–Kier alpha value is -1.72. The van der Waals surface area contributed by atoms with Crippen LogP contribution in [-0.4, -0.2) is 12.5 Å². The minimum Gasteiger partial charge on any atom is -0.324 e. The first-order chi connectivity index (χ1) is 10.1. The second-order valence-corrected chi connectivity index (χ2v) is 5.54. The number of para-hydroxylation sites is 1. The number of hydrogen-bond acceptors (Lipinski definition) is 2. The molecule has 5 heteroatoms. The molecule has 0 saturated heterocycles. The fraction of sp³-hybridized carbons (Fsp3) is 0.188. The van der Waals surface area contributed by atoms with Gasteiger partial charge < -0.3 is 10.6 Å². The van der Waals surface area contributed by atoms with E-state index < -0.39 is 0 Å². The maximum absolute atomic E-state index is 12.9. The van der Waals surface area contributed by atoms with Crippen molar-refractivity contribution in [3.05, 3.63) is 64.4 Å². The largest absolute Gasteiger partial charge is 0.324 e. The number of anilines is 1. The predicted octanol–water partition coefficient (Wildman–Crippen LogP) is 3.88. The van der Waals surface area contributed by atoms with Crippen LogP contribution >= 0.6 is 15.9 Å². The lowest BCUT2D eigenvalue weighted by molar-refractivity contribution is -0.115. The van der Waals surface area contributed by atoms with Crippen LogP contribution in [0.3, 0.4) is 0 Å². The van der Waals surface area contributed by atoms with Gasteiger partial charge in [0.15, 0.2) is 0 Å². The minimum atomic E-state index is -0.266. The van der Waals surface area contributed by atoms with E-state index in [4.69, 9.17) is 0 Å². The smallest absolute Gasteiger partial charge is 0.238 e. The molecule has 2 rings (SSSR count). The molecular formula is C16H16BrFN2O. The number of amides is 1. The Morgan fingerprint density at radius 3 is 2.52 bits per heavy atom. The van der Waals surface area contributed by atoms with Crippen molar-refractivity contribution in [2.24, 2.45) is 0 Å². The van der Waals surface area contributed by atoms with E-state index in [1.807, 2.05) is 31.2 Å². The number of benzene rings is 2. The lowest BCUT2D eigenvalue weighted by Gasteiger charge is -2.14. The Morgan fingerprint density at radius 1 is 1.19 bits per heavy atom. The number of carbonyl (C=O) groups is 1. The summed E-state index contributed by atoms with van der Waals surface area (Å²) in [6.45, 7) is 2.11. The van der Waals surface area contributed by atoms with Crippen molar-refractivity contribution in [1.29, 1.82) is 0 Å². The Bertz CT molecular complexity index is 616. The molecule has 2 aromatic rings. The fourth-order valence-corrected chi connectivity index (χ4v) is 2.26. The number of carbonyl (C=O) groups excluding carboxylic acids is 1. The summed E-state index contributed by atoms with van der Waals surface area (Å²) >= 11 is 3.38. The molecule has 0 aliphatic carbocycles. The van der Waals surface area contributed by atoms with Crippen LogP contribution in [0.1, 0.15) is 18.5 Å². The van der Waals surface area contributed by atoms with Crippen molar-refractivity contribution in [2.75, 3.05) is 11.9 Å². The summed E-state index contributed by atoms with van der Waals surface area (Å²) in [5, 5.41) is 5.93. The molecular weight excluding hydrogens is 335 g/mol. The summed E-state index contributed by atoms with van der Waals surface area (Å²) < 4.78 is 13.7. The van der Waals surface area contributed by atoms with Gasteiger partial charge in [-0.05, 0) is 52.7 Å². The van der Waals surface area contributed by atoms with Crippen molar-refractivity contribution in [1.82, 2.24) is 5.32 Å². The normalized spacial score (nSPS) is 12.0. The Kier molecular flexibility index (Phi) is 5.47. The maximum Gasteiger partial charge on any atom is 0.238 e. The van der Waals surface area contributed by atoms with Crippen molar-refractivity contribution >= 4 is 27.5 Å². The van der Waals surface area contributed by atoms with Gasteiger partial charge in [-0.15, -0.1) is 0 Å². The Morgan fingerprint density at radius 2 is 1.86 bits per heavy atom. The van der Waals surface area contributed by atoms with E-state index in [0.29, 0.717) is 0 Å². The molecule has 2 aromatic carbocycles. The SMILES string of the molecule is C[C@@H](NCC(=O)Nc1ccccc1Br)c1ccc(F)cc1. The molecule has 0 aliphatic heterocycles. The lowest BCUT2D eigenvalue weighted by Crippen LogP contribution is -2.30. The van der Waals surface area contributed by atoms with Gasteiger partial charge in [0.2, 0.25) is 5.91 Å². The first kappa shape index (κ1) is 15.7. The predicted molar refractivity (Wildman–Crippen MR) is 85.6 cm³/mol. The van der Waals surface area contributed by atoms with E-state index >= 15 is 0 Å². The van der Waals surface area contributed by atoms with Gasteiger partial charge in [0.05, 0.1) is 12.2 Å². The fourth-order valence-electron chi connectivity index (χ4n) is 1.87. The topological polar surface area (TPSA) is 41.1 Å². The average molecular weight is 351 g/mol. The van der Waals surface area contributed by atoms with Crippen molar-refractivity contribution in [3.8, 4) is 0 Å². The van der Waals surface area contributed by atoms with Crippen LogP contribution in [0.5, 0.6) is 0 Å². The Balaban J connectivity index is 1.86. The van der Waals surface area contributed by atoms with Crippen LogP contribution < -0.4 is 10.6 Å². The van der Waals surface area contributed by atoms with Crippen LogP contribution in [-0.2, 0) is 4.79 Å². The first-order valence-corrected chi connectivity index (χ1v) is 7.39. The molecule has 0 fully saturated rings. The van der Waals surface area contributed by atoms with Crippen molar-refractivity contribution < 1.29 is 9.18 Å². The number of hydrogen-bond donors (Lipinski definition) is 2. The van der Waals surface area contributed by atoms with Crippen LogP contribution in [0.25, 0.3) is 0 Å². The molecule has 110 valence electrons. The zero-order chi connectivity index (χ0) is 15.2. The van der Waals surface area contributed by atoms with Crippen molar-refractivity contribution in [3.63, 3.8) is 0 Å². The standard InChI is InChI=1S/C16H16BrFN2O/c1-11(12-6-8-13(18)9-7-12)19-10-16(21)20-15-5-3-2-4-14(15)17/h2-9,11,19H,10H2,1H3,(H,20,21)/t11-/m1/s1. The molecule has 3 nitrogen and oxygen atoms in total. The van der Waals surface area contributed by atoms with Gasteiger partial charge in [0.25, 0.3) is 0 Å². The lowest BCUT2D eigenvalue weighted by atomic mass is 10.1. The van der Waals surface area contributed by atoms with Crippen LogP contribution in [0, 0.1) is 5.82 Å². The molecule has 0 unspecified atom stereocenters. The average Bonchev–Trinajstić information content (AvgIpc) is 2.48. The number of halogens is 2. The monoisotopic (exact) mass is 350 g/mol. The van der Waals surface area contributed by atoms with Gasteiger partial charge in [-0.3, -0.25) is 4.79 Å². The first-order valence-electron chi connectivity index (χ1n) is 6.59. The Labute approximate surface area is 131 Å². The summed E-state index contributed by atoms with van der Waals surface area (Å²) in [7, 11) is 0. The van der Waals surface area contributed by atoms with Gasteiger partial charge in [-0.25, -0.2) is 4.39 Å². The summed E-state index contributed by atoms with van der Waals surface area (Å²) in [6.07, 6.45) is 0. The highest BCUT2D eigenvalue weighted by molar-refractivity contribution is 9.10. The maximum atomic E-state index is 12.9. The van der Waals surface area contributed by atoms with Gasteiger partial charge in [0, 0.05) is 10.5 Å². The summed E-state index contributed by atoms with van der Waals surface area (Å²) in [5.41, 5.74) is 1.67. The van der Waals surface area contributed by atoms with Gasteiger partial charge in [-0.1, -0.05) is 24.3 Å². The van der Waals surface area contributed by atoms with Crippen LogP contribution in [0.4, 0.5) is 10.1 Å². The molecule has 0 heterocycles. The molecule has 0 saturated carbocycles. The quantitative estimate of drug-likeness (QED) is 0.859. The molecule has 1 atom stereocenters. The van der Waals surface area contributed by atoms with Crippen molar-refractivity contribution in [2.45, 2.75) is 13.0 Å². The second kappa shape index (κ2) is 7.33. The molecule has 0 aromatic heterocycles. The zero-order valence-corrected chi connectivity index (χ0v) is 13.2. The highest BCUT2D eigenvalue weighted by atomic mass is 79.9. The van der Waals surface area contributed by atoms with E-state index in [2.05, 4.69) is 26.6 Å². The molecule has 21 heavy (non-hydrogen) atoms. The molecule has 1 amide bonds. The van der Waals surface area contributed by atoms with E-state index in [0.717, 1.165) is 15.7 Å². The van der Waals surface area contributed by atoms with Gasteiger partial charge in [0.1, 0.15) is 5.82 Å². The molecule has 0 bridgehead atoms. The summed E-state index contributed by atoms with van der Waals surface area (Å²) in [5.74, 6) is -0.395. The van der Waals surface area contributed by atoms with Crippen LogP contribution in [0.15, 0.2) is 53.0 Å². The third kappa shape index (κ3) is 4.65. The number of rotatable bonds is 5. The second-order valence-electron chi connectivity index (χ2n) is 4.68. The molecule has 0 aliphatic rings. The van der Waals surface area contributed by atoms with E-state index in [1.54, 1.807) is 12.1 Å². The third-order valence-electron chi connectivity index (χ3n) is 3.09.